The smallest absolute Gasteiger partial charge is 0.142 e. The largest absolute Gasteiger partial charge is 0.495 e. The topological polar surface area (TPSA) is 71.5 Å². The summed E-state index contributed by atoms with van der Waals surface area (Å²) in [5.41, 5.74) is 3.01. The summed E-state index contributed by atoms with van der Waals surface area (Å²) in [6.45, 7) is 5.12. The van der Waals surface area contributed by atoms with Crippen molar-refractivity contribution in [2.45, 2.75) is 6.92 Å². The second-order valence-corrected chi connectivity index (χ2v) is 6.75. The second-order valence-electron chi connectivity index (χ2n) is 6.75. The summed E-state index contributed by atoms with van der Waals surface area (Å²) in [6.07, 6.45) is 0. The average Bonchev–Trinajstić information content (AvgIpc) is 2.75. The molecule has 0 saturated carbocycles. The van der Waals surface area contributed by atoms with E-state index in [1.807, 2.05) is 43.3 Å². The highest BCUT2D eigenvalue weighted by Gasteiger charge is 2.15. The van der Waals surface area contributed by atoms with Gasteiger partial charge in [0.1, 0.15) is 23.2 Å². The van der Waals surface area contributed by atoms with Crippen molar-refractivity contribution in [3.63, 3.8) is 0 Å². The van der Waals surface area contributed by atoms with E-state index in [1.165, 1.54) is 0 Å². The van der Waals surface area contributed by atoms with Crippen LogP contribution in [0.1, 0.15) is 5.82 Å². The average molecular weight is 391 g/mol. The number of benzene rings is 2. The van der Waals surface area contributed by atoms with Crippen LogP contribution in [0.5, 0.6) is 5.75 Å². The lowest BCUT2D eigenvalue weighted by atomic mass is 10.2. The Labute approximate surface area is 170 Å². The fraction of sp³-hybridized carbons (Fsp3) is 0.273. The highest BCUT2D eigenvalue weighted by Crippen LogP contribution is 2.31. The molecule has 0 amide bonds. The molecule has 2 N–H and O–H groups in total. The van der Waals surface area contributed by atoms with Crippen LogP contribution in [0.15, 0.2) is 54.6 Å². The van der Waals surface area contributed by atoms with Crippen molar-refractivity contribution in [1.82, 2.24) is 9.97 Å². The van der Waals surface area contributed by atoms with Crippen LogP contribution in [0.4, 0.5) is 28.7 Å². The molecule has 0 bridgehead atoms. The van der Waals surface area contributed by atoms with Gasteiger partial charge in [0.15, 0.2) is 0 Å². The molecule has 29 heavy (non-hydrogen) atoms. The molecule has 2 aromatic carbocycles. The number of methoxy groups -OCH3 is 1. The van der Waals surface area contributed by atoms with Crippen molar-refractivity contribution in [3.8, 4) is 5.75 Å². The van der Waals surface area contributed by atoms with Crippen LogP contribution in [0.3, 0.4) is 0 Å². The molecule has 4 rings (SSSR count). The summed E-state index contributed by atoms with van der Waals surface area (Å²) in [7, 11) is 1.65. The highest BCUT2D eigenvalue weighted by atomic mass is 16.5. The van der Waals surface area contributed by atoms with Crippen LogP contribution in [0.2, 0.25) is 0 Å². The third kappa shape index (κ3) is 4.57. The molecule has 7 nitrogen and oxygen atoms in total. The minimum Gasteiger partial charge on any atom is -0.495 e. The number of ether oxygens (including phenoxy) is 2. The lowest BCUT2D eigenvalue weighted by molar-refractivity contribution is 0.123. The molecule has 7 heteroatoms. The first kappa shape index (κ1) is 19.0. The maximum Gasteiger partial charge on any atom is 0.142 e. The Morgan fingerprint density at radius 3 is 2.24 bits per heavy atom. The number of nitrogens with one attached hydrogen (secondary N) is 2. The maximum atomic E-state index is 5.49. The van der Waals surface area contributed by atoms with Gasteiger partial charge in [-0.1, -0.05) is 24.3 Å². The van der Waals surface area contributed by atoms with Crippen LogP contribution in [0, 0.1) is 6.92 Å². The van der Waals surface area contributed by atoms with Gasteiger partial charge >= 0.3 is 0 Å². The van der Waals surface area contributed by atoms with Gasteiger partial charge in [0, 0.05) is 19.2 Å². The standard InChI is InChI=1S/C22H25N5O2/c1-16-23-21(15-22(24-16)26-18-8-4-6-10-20(18)28-2)25-17-7-3-5-9-19(17)27-11-13-29-14-12-27/h3-10,15H,11-14H2,1-2H3,(H2,23,24,25,26). The van der Waals surface area contributed by atoms with E-state index in [1.54, 1.807) is 7.11 Å². The molecule has 1 aliphatic rings. The van der Waals surface area contributed by atoms with E-state index in [9.17, 15) is 0 Å². The number of aromatic nitrogens is 2. The Kier molecular flexibility index (Phi) is 5.76. The summed E-state index contributed by atoms with van der Waals surface area (Å²) < 4.78 is 10.9. The van der Waals surface area contributed by atoms with Gasteiger partial charge < -0.3 is 25.0 Å². The summed E-state index contributed by atoms with van der Waals surface area (Å²) in [6, 6.07) is 17.9. The Balaban J connectivity index is 1.59. The number of anilines is 5. The van der Waals surface area contributed by atoms with Crippen LogP contribution in [0.25, 0.3) is 0 Å². The molecule has 0 spiro atoms. The first-order valence-corrected chi connectivity index (χ1v) is 9.67. The van der Waals surface area contributed by atoms with Crippen molar-refractivity contribution < 1.29 is 9.47 Å². The normalized spacial score (nSPS) is 13.8. The zero-order valence-corrected chi connectivity index (χ0v) is 16.7. The SMILES string of the molecule is COc1ccccc1Nc1cc(Nc2ccccc2N2CCOCC2)nc(C)n1. The van der Waals surface area contributed by atoms with E-state index in [-0.39, 0.29) is 0 Å². The van der Waals surface area contributed by atoms with Crippen molar-refractivity contribution >= 4 is 28.7 Å². The summed E-state index contributed by atoms with van der Waals surface area (Å²) >= 11 is 0. The monoisotopic (exact) mass is 391 g/mol. The summed E-state index contributed by atoms with van der Waals surface area (Å²) in [5, 5.41) is 6.79. The second kappa shape index (κ2) is 8.79. The molecule has 0 unspecified atom stereocenters. The maximum absolute atomic E-state index is 5.49. The zero-order valence-electron chi connectivity index (χ0n) is 16.7. The quantitative estimate of drug-likeness (QED) is 0.655. The van der Waals surface area contributed by atoms with Gasteiger partial charge in [-0.3, -0.25) is 0 Å². The van der Waals surface area contributed by atoms with E-state index in [0.717, 1.165) is 54.9 Å². The summed E-state index contributed by atoms with van der Waals surface area (Å²) in [5.74, 6) is 2.87. The predicted octanol–water partition coefficient (Wildman–Crippen LogP) is 4.12. The van der Waals surface area contributed by atoms with Gasteiger partial charge in [-0.25, -0.2) is 9.97 Å². The molecule has 0 radical (unpaired) electrons. The number of hydrogen-bond acceptors (Lipinski definition) is 7. The van der Waals surface area contributed by atoms with E-state index >= 15 is 0 Å². The lowest BCUT2D eigenvalue weighted by Gasteiger charge is -2.30. The Bertz CT molecular complexity index is 973. The van der Waals surface area contributed by atoms with Gasteiger partial charge in [-0.15, -0.1) is 0 Å². The van der Waals surface area contributed by atoms with E-state index < -0.39 is 0 Å². The Morgan fingerprint density at radius 2 is 1.52 bits per heavy atom. The van der Waals surface area contributed by atoms with Gasteiger partial charge in [0.25, 0.3) is 0 Å². The molecule has 3 aromatic rings. The third-order valence-electron chi connectivity index (χ3n) is 4.73. The fourth-order valence-electron chi connectivity index (χ4n) is 3.38. The molecule has 1 aliphatic heterocycles. The number of nitrogens with zero attached hydrogens (tertiary/aromatic N) is 3. The minimum atomic E-state index is 0.677. The Hall–Kier alpha value is -3.32. The van der Waals surface area contributed by atoms with Crippen molar-refractivity contribution in [2.75, 3.05) is 48.9 Å². The fourth-order valence-corrected chi connectivity index (χ4v) is 3.38. The molecule has 1 aromatic heterocycles. The van der Waals surface area contributed by atoms with Crippen LogP contribution < -0.4 is 20.3 Å². The number of hydrogen-bond donors (Lipinski definition) is 2. The van der Waals surface area contributed by atoms with Gasteiger partial charge in [0.05, 0.1) is 37.4 Å². The van der Waals surface area contributed by atoms with Gasteiger partial charge in [-0.05, 0) is 31.2 Å². The molecule has 150 valence electrons. The molecule has 2 heterocycles. The molecule has 1 fully saturated rings. The van der Waals surface area contributed by atoms with E-state index in [0.29, 0.717) is 11.6 Å². The molecular formula is C22H25N5O2. The van der Waals surface area contributed by atoms with E-state index in [4.69, 9.17) is 9.47 Å². The minimum absolute atomic E-state index is 0.677. The van der Waals surface area contributed by atoms with Crippen molar-refractivity contribution in [1.29, 1.82) is 0 Å². The van der Waals surface area contributed by atoms with Gasteiger partial charge in [-0.2, -0.15) is 0 Å². The van der Waals surface area contributed by atoms with Crippen LogP contribution in [-0.4, -0.2) is 43.4 Å². The molecular weight excluding hydrogens is 366 g/mol. The number of rotatable bonds is 6. The zero-order chi connectivity index (χ0) is 20.1. The molecule has 0 atom stereocenters. The molecule has 0 aliphatic carbocycles. The van der Waals surface area contributed by atoms with Crippen molar-refractivity contribution in [2.24, 2.45) is 0 Å². The van der Waals surface area contributed by atoms with E-state index in [2.05, 4.69) is 43.7 Å². The van der Waals surface area contributed by atoms with Crippen molar-refractivity contribution in [3.05, 3.63) is 60.4 Å². The highest BCUT2D eigenvalue weighted by molar-refractivity contribution is 5.75. The number of aryl methyl sites for hydroxylation is 1. The molecule has 1 saturated heterocycles. The lowest BCUT2D eigenvalue weighted by Crippen LogP contribution is -2.36. The summed E-state index contributed by atoms with van der Waals surface area (Å²) in [4.78, 5) is 11.4. The van der Waals surface area contributed by atoms with Crippen LogP contribution in [-0.2, 0) is 4.74 Å². The predicted molar refractivity (Wildman–Crippen MR) is 116 cm³/mol. The van der Waals surface area contributed by atoms with Crippen LogP contribution >= 0.6 is 0 Å². The first-order chi connectivity index (χ1) is 14.2. The Morgan fingerprint density at radius 1 is 0.897 bits per heavy atom. The third-order valence-corrected chi connectivity index (χ3v) is 4.73. The number of para-hydroxylation sites is 4. The first-order valence-electron chi connectivity index (χ1n) is 9.67. The number of morpholine rings is 1. The van der Waals surface area contributed by atoms with Gasteiger partial charge in [0.2, 0.25) is 0 Å².